The highest BCUT2D eigenvalue weighted by Crippen LogP contribution is 2.28. The van der Waals surface area contributed by atoms with E-state index >= 15 is 0 Å². The van der Waals surface area contributed by atoms with Gasteiger partial charge in [-0.25, -0.2) is 18.1 Å². The summed E-state index contributed by atoms with van der Waals surface area (Å²) in [7, 11) is -3.47. The van der Waals surface area contributed by atoms with Crippen LogP contribution in [0.3, 0.4) is 0 Å². The standard InChI is InChI=1S/C17H19N3O2S/c1-11(2)20-23(21,22)14-6-4-13(5-7-14)15-8-9-18-17-16(15)10-12(3)19-17/h4-11,20H,1-3H3,(H,18,19). The van der Waals surface area contributed by atoms with Gasteiger partial charge in [-0.3, -0.25) is 0 Å². The number of pyridine rings is 1. The number of benzene rings is 1. The molecule has 0 saturated heterocycles. The molecule has 2 aromatic heterocycles. The predicted octanol–water partition coefficient (Wildman–Crippen LogP) is 3.23. The summed E-state index contributed by atoms with van der Waals surface area (Å²) in [5.41, 5.74) is 3.86. The van der Waals surface area contributed by atoms with Crippen molar-refractivity contribution in [3.63, 3.8) is 0 Å². The van der Waals surface area contributed by atoms with Crippen LogP contribution in [0.4, 0.5) is 0 Å². The van der Waals surface area contributed by atoms with Crippen LogP contribution in [0.1, 0.15) is 19.5 Å². The highest BCUT2D eigenvalue weighted by molar-refractivity contribution is 7.89. The number of hydrogen-bond acceptors (Lipinski definition) is 3. The lowest BCUT2D eigenvalue weighted by atomic mass is 10.0. The van der Waals surface area contributed by atoms with Crippen LogP contribution in [0, 0.1) is 6.92 Å². The van der Waals surface area contributed by atoms with Gasteiger partial charge in [-0.05, 0) is 56.2 Å². The zero-order valence-corrected chi connectivity index (χ0v) is 14.1. The minimum atomic E-state index is -3.47. The van der Waals surface area contributed by atoms with Crippen molar-refractivity contribution in [2.45, 2.75) is 31.7 Å². The topological polar surface area (TPSA) is 74.8 Å². The van der Waals surface area contributed by atoms with Crippen LogP contribution in [-0.2, 0) is 10.0 Å². The van der Waals surface area contributed by atoms with Crippen LogP contribution in [0.2, 0.25) is 0 Å². The molecule has 0 aliphatic rings. The van der Waals surface area contributed by atoms with E-state index in [1.807, 2.05) is 31.2 Å². The van der Waals surface area contributed by atoms with Gasteiger partial charge >= 0.3 is 0 Å². The first-order chi connectivity index (χ1) is 10.9. The van der Waals surface area contributed by atoms with E-state index in [0.29, 0.717) is 0 Å². The van der Waals surface area contributed by atoms with Gasteiger partial charge in [-0.1, -0.05) is 12.1 Å². The minimum absolute atomic E-state index is 0.137. The van der Waals surface area contributed by atoms with Crippen LogP contribution in [0.15, 0.2) is 47.5 Å². The molecule has 0 radical (unpaired) electrons. The van der Waals surface area contributed by atoms with Gasteiger partial charge in [0.25, 0.3) is 0 Å². The van der Waals surface area contributed by atoms with Gasteiger partial charge in [0.15, 0.2) is 0 Å². The lowest BCUT2D eigenvalue weighted by molar-refractivity contribution is 0.570. The first kappa shape index (κ1) is 15.7. The molecule has 0 atom stereocenters. The molecule has 3 aromatic rings. The fourth-order valence-electron chi connectivity index (χ4n) is 2.60. The molecule has 6 heteroatoms. The number of aromatic nitrogens is 2. The molecular weight excluding hydrogens is 310 g/mol. The number of rotatable bonds is 4. The average molecular weight is 329 g/mol. The molecule has 120 valence electrons. The molecule has 3 rings (SSSR count). The molecule has 2 heterocycles. The van der Waals surface area contributed by atoms with E-state index < -0.39 is 10.0 Å². The van der Waals surface area contributed by atoms with Crippen LogP contribution >= 0.6 is 0 Å². The van der Waals surface area contributed by atoms with Gasteiger partial charge in [0.05, 0.1) is 4.90 Å². The maximum Gasteiger partial charge on any atom is 0.240 e. The van der Waals surface area contributed by atoms with Gasteiger partial charge < -0.3 is 4.98 Å². The zero-order valence-electron chi connectivity index (χ0n) is 13.3. The Morgan fingerprint density at radius 3 is 2.48 bits per heavy atom. The minimum Gasteiger partial charge on any atom is -0.344 e. The van der Waals surface area contributed by atoms with Crippen molar-refractivity contribution in [1.29, 1.82) is 0 Å². The van der Waals surface area contributed by atoms with E-state index in [0.717, 1.165) is 27.9 Å². The Labute approximate surface area is 135 Å². The van der Waals surface area contributed by atoms with Gasteiger partial charge in [-0.2, -0.15) is 0 Å². The summed E-state index contributed by atoms with van der Waals surface area (Å²) in [6.07, 6.45) is 1.75. The predicted molar refractivity (Wildman–Crippen MR) is 91.7 cm³/mol. The van der Waals surface area contributed by atoms with E-state index in [1.165, 1.54) is 0 Å². The quantitative estimate of drug-likeness (QED) is 0.772. The molecule has 0 bridgehead atoms. The molecule has 0 amide bonds. The second-order valence-corrected chi connectivity index (χ2v) is 7.59. The molecular formula is C17H19N3O2S. The second-order valence-electron chi connectivity index (χ2n) is 5.87. The lowest BCUT2D eigenvalue weighted by Crippen LogP contribution is -2.30. The Morgan fingerprint density at radius 2 is 1.83 bits per heavy atom. The molecule has 23 heavy (non-hydrogen) atoms. The zero-order chi connectivity index (χ0) is 16.6. The normalized spacial score (nSPS) is 12.2. The number of nitrogens with one attached hydrogen (secondary N) is 2. The maximum atomic E-state index is 12.2. The first-order valence-corrected chi connectivity index (χ1v) is 8.92. The Bertz CT molecular complexity index is 942. The Hall–Kier alpha value is -2.18. The Balaban J connectivity index is 2.02. The van der Waals surface area contributed by atoms with E-state index in [1.54, 1.807) is 32.2 Å². The fraction of sp³-hybridized carbons (Fsp3) is 0.235. The number of fused-ring (bicyclic) bond motifs is 1. The van der Waals surface area contributed by atoms with Crippen LogP contribution < -0.4 is 4.72 Å². The number of aryl methyl sites for hydroxylation is 1. The van der Waals surface area contributed by atoms with Crippen LogP contribution in [0.25, 0.3) is 22.2 Å². The molecule has 0 fully saturated rings. The number of nitrogens with zero attached hydrogens (tertiary/aromatic N) is 1. The first-order valence-electron chi connectivity index (χ1n) is 7.44. The van der Waals surface area contributed by atoms with E-state index in [2.05, 4.69) is 14.7 Å². The largest absolute Gasteiger partial charge is 0.344 e. The number of sulfonamides is 1. The summed E-state index contributed by atoms with van der Waals surface area (Å²) in [5.74, 6) is 0. The molecule has 0 saturated carbocycles. The fourth-order valence-corrected chi connectivity index (χ4v) is 3.85. The summed E-state index contributed by atoms with van der Waals surface area (Å²) in [6.45, 7) is 5.58. The van der Waals surface area contributed by atoms with E-state index in [4.69, 9.17) is 0 Å². The lowest BCUT2D eigenvalue weighted by Gasteiger charge is -2.10. The molecule has 0 aliphatic carbocycles. The maximum absolute atomic E-state index is 12.2. The van der Waals surface area contributed by atoms with Crippen molar-refractivity contribution in [2.75, 3.05) is 0 Å². The van der Waals surface area contributed by atoms with Gasteiger partial charge in [0.2, 0.25) is 10.0 Å². The van der Waals surface area contributed by atoms with Crippen molar-refractivity contribution >= 4 is 21.1 Å². The molecule has 2 N–H and O–H groups in total. The van der Waals surface area contributed by atoms with E-state index in [9.17, 15) is 8.42 Å². The van der Waals surface area contributed by atoms with E-state index in [-0.39, 0.29) is 10.9 Å². The summed E-state index contributed by atoms with van der Waals surface area (Å²) in [6, 6.07) is 10.8. The SMILES string of the molecule is Cc1cc2c(-c3ccc(S(=O)(=O)NC(C)C)cc3)ccnc2[nH]1. The second kappa shape index (κ2) is 5.79. The molecule has 0 spiro atoms. The van der Waals surface area contributed by atoms with Gasteiger partial charge in [-0.15, -0.1) is 0 Å². The molecule has 5 nitrogen and oxygen atoms in total. The highest BCUT2D eigenvalue weighted by Gasteiger charge is 2.15. The van der Waals surface area contributed by atoms with Crippen molar-refractivity contribution in [3.8, 4) is 11.1 Å². The van der Waals surface area contributed by atoms with Crippen LogP contribution in [-0.4, -0.2) is 24.4 Å². The van der Waals surface area contributed by atoms with Crippen molar-refractivity contribution in [1.82, 2.24) is 14.7 Å². The van der Waals surface area contributed by atoms with Crippen molar-refractivity contribution in [2.24, 2.45) is 0 Å². The number of aromatic amines is 1. The smallest absolute Gasteiger partial charge is 0.240 e. The number of hydrogen-bond donors (Lipinski definition) is 2. The molecule has 0 aliphatic heterocycles. The highest BCUT2D eigenvalue weighted by atomic mass is 32.2. The molecule has 0 unspecified atom stereocenters. The Morgan fingerprint density at radius 1 is 1.13 bits per heavy atom. The third-order valence-electron chi connectivity index (χ3n) is 3.53. The summed E-state index contributed by atoms with van der Waals surface area (Å²) >= 11 is 0. The molecule has 1 aromatic carbocycles. The Kier molecular flexibility index (Phi) is 3.95. The van der Waals surface area contributed by atoms with Gasteiger partial charge in [0, 0.05) is 23.3 Å². The summed E-state index contributed by atoms with van der Waals surface area (Å²) < 4.78 is 26.9. The summed E-state index contributed by atoms with van der Waals surface area (Å²) in [4.78, 5) is 7.79. The van der Waals surface area contributed by atoms with Crippen molar-refractivity contribution < 1.29 is 8.42 Å². The van der Waals surface area contributed by atoms with Gasteiger partial charge in [0.1, 0.15) is 5.65 Å². The average Bonchev–Trinajstić information content (AvgIpc) is 2.86. The van der Waals surface area contributed by atoms with Crippen LogP contribution in [0.5, 0.6) is 0 Å². The number of H-pyrrole nitrogens is 1. The summed E-state index contributed by atoms with van der Waals surface area (Å²) in [5, 5.41) is 1.03. The third kappa shape index (κ3) is 3.13. The third-order valence-corrected chi connectivity index (χ3v) is 5.21. The monoisotopic (exact) mass is 329 g/mol. The van der Waals surface area contributed by atoms with Crippen molar-refractivity contribution in [3.05, 3.63) is 48.3 Å².